The second-order valence-electron chi connectivity index (χ2n) is 4.57. The fourth-order valence-corrected chi connectivity index (χ4v) is 2.66. The lowest BCUT2D eigenvalue weighted by Crippen LogP contribution is -2.18. The van der Waals surface area contributed by atoms with E-state index in [0.29, 0.717) is 10.8 Å². The average Bonchev–Trinajstić information content (AvgIpc) is 2.44. The van der Waals surface area contributed by atoms with Crippen molar-refractivity contribution in [1.29, 1.82) is 0 Å². The number of nitrogens with one attached hydrogen (secondary N) is 1. The van der Waals surface area contributed by atoms with Crippen LogP contribution in [0.25, 0.3) is 0 Å². The van der Waals surface area contributed by atoms with Crippen molar-refractivity contribution in [1.82, 2.24) is 5.32 Å². The van der Waals surface area contributed by atoms with Gasteiger partial charge in [0, 0.05) is 11.1 Å². The first-order valence-electron chi connectivity index (χ1n) is 6.39. The molecule has 0 heterocycles. The smallest absolute Gasteiger partial charge is 0.137 e. The van der Waals surface area contributed by atoms with Gasteiger partial charge in [-0.3, -0.25) is 0 Å². The van der Waals surface area contributed by atoms with Gasteiger partial charge in [0.25, 0.3) is 0 Å². The van der Waals surface area contributed by atoms with E-state index in [9.17, 15) is 0 Å². The van der Waals surface area contributed by atoms with Gasteiger partial charge in [-0.2, -0.15) is 0 Å². The predicted molar refractivity (Wildman–Crippen MR) is 85.0 cm³/mol. The van der Waals surface area contributed by atoms with E-state index in [4.69, 9.17) is 27.9 Å². The van der Waals surface area contributed by atoms with Crippen LogP contribution in [0.15, 0.2) is 42.5 Å². The fraction of sp³-hybridized carbons (Fsp3) is 0.250. The minimum absolute atomic E-state index is 0.178. The molecule has 20 heavy (non-hydrogen) atoms. The second-order valence-corrected chi connectivity index (χ2v) is 5.41. The zero-order valence-corrected chi connectivity index (χ0v) is 13.0. The summed E-state index contributed by atoms with van der Waals surface area (Å²) >= 11 is 12.2. The summed E-state index contributed by atoms with van der Waals surface area (Å²) in [6.45, 7) is 0. The molecule has 0 radical (unpaired) electrons. The molecule has 4 heteroatoms. The van der Waals surface area contributed by atoms with E-state index >= 15 is 0 Å². The Labute approximate surface area is 129 Å². The number of hydrogen-bond donors (Lipinski definition) is 1. The van der Waals surface area contributed by atoms with Crippen LogP contribution in [0, 0.1) is 0 Å². The van der Waals surface area contributed by atoms with Gasteiger partial charge in [-0.25, -0.2) is 0 Å². The van der Waals surface area contributed by atoms with E-state index < -0.39 is 0 Å². The fourth-order valence-electron chi connectivity index (χ4n) is 2.19. The van der Waals surface area contributed by atoms with Gasteiger partial charge in [0.15, 0.2) is 0 Å². The first-order valence-corrected chi connectivity index (χ1v) is 7.14. The van der Waals surface area contributed by atoms with Gasteiger partial charge in [0.2, 0.25) is 0 Å². The summed E-state index contributed by atoms with van der Waals surface area (Å²) in [6.07, 6.45) is 0.847. The summed E-state index contributed by atoms with van der Waals surface area (Å²) in [5.41, 5.74) is 2.31. The molecule has 0 bridgehead atoms. The van der Waals surface area contributed by atoms with Crippen molar-refractivity contribution in [2.45, 2.75) is 12.5 Å². The Balaban J connectivity index is 2.22. The van der Waals surface area contributed by atoms with Gasteiger partial charge >= 0.3 is 0 Å². The van der Waals surface area contributed by atoms with Crippen molar-refractivity contribution in [2.24, 2.45) is 0 Å². The molecule has 1 unspecified atom stereocenters. The Kier molecular flexibility index (Phi) is 5.30. The number of methoxy groups -OCH3 is 1. The van der Waals surface area contributed by atoms with Crippen LogP contribution in [-0.2, 0) is 6.42 Å². The SMILES string of the molecule is CNC(Cc1cccc(Cl)c1)c1ccc(OC)c(Cl)c1. The number of hydrogen-bond acceptors (Lipinski definition) is 2. The van der Waals surface area contributed by atoms with Crippen molar-refractivity contribution in [3.8, 4) is 5.75 Å². The third kappa shape index (κ3) is 3.66. The summed E-state index contributed by atoms with van der Waals surface area (Å²) in [4.78, 5) is 0. The van der Waals surface area contributed by atoms with Crippen LogP contribution in [0.5, 0.6) is 5.75 Å². The van der Waals surface area contributed by atoms with Crippen molar-refractivity contribution >= 4 is 23.2 Å². The Hall–Kier alpha value is -1.22. The molecule has 1 N–H and O–H groups in total. The summed E-state index contributed by atoms with van der Waals surface area (Å²) in [5.74, 6) is 0.688. The third-order valence-corrected chi connectivity index (χ3v) is 3.79. The van der Waals surface area contributed by atoms with E-state index in [1.165, 1.54) is 5.56 Å². The van der Waals surface area contributed by atoms with Crippen LogP contribution in [0.1, 0.15) is 17.2 Å². The minimum atomic E-state index is 0.178. The first kappa shape index (κ1) is 15.2. The molecular weight excluding hydrogens is 293 g/mol. The highest BCUT2D eigenvalue weighted by atomic mass is 35.5. The number of ether oxygens (including phenoxy) is 1. The maximum Gasteiger partial charge on any atom is 0.137 e. The van der Waals surface area contributed by atoms with Crippen molar-refractivity contribution < 1.29 is 4.74 Å². The van der Waals surface area contributed by atoms with E-state index in [1.807, 2.05) is 43.4 Å². The molecule has 0 fully saturated rings. The quantitative estimate of drug-likeness (QED) is 0.877. The maximum atomic E-state index is 6.18. The van der Waals surface area contributed by atoms with E-state index in [-0.39, 0.29) is 6.04 Å². The summed E-state index contributed by atoms with van der Waals surface area (Å²) in [6, 6.07) is 13.9. The minimum Gasteiger partial charge on any atom is -0.495 e. The summed E-state index contributed by atoms with van der Waals surface area (Å²) in [7, 11) is 3.55. The molecule has 0 aliphatic carbocycles. The Morgan fingerprint density at radius 2 is 1.95 bits per heavy atom. The lowest BCUT2D eigenvalue weighted by molar-refractivity contribution is 0.414. The first-order chi connectivity index (χ1) is 9.63. The van der Waals surface area contributed by atoms with Crippen LogP contribution < -0.4 is 10.1 Å². The van der Waals surface area contributed by atoms with Crippen molar-refractivity contribution in [2.75, 3.05) is 14.2 Å². The highest BCUT2D eigenvalue weighted by Crippen LogP contribution is 2.29. The van der Waals surface area contributed by atoms with Crippen LogP contribution in [-0.4, -0.2) is 14.2 Å². The van der Waals surface area contributed by atoms with Crippen molar-refractivity contribution in [3.05, 3.63) is 63.6 Å². The molecule has 0 saturated heterocycles. The van der Waals surface area contributed by atoms with Gasteiger partial charge in [-0.05, 0) is 48.9 Å². The normalized spacial score (nSPS) is 12.2. The standard InChI is InChI=1S/C16H17Cl2NO/c1-19-15(9-11-4-3-5-13(17)8-11)12-6-7-16(20-2)14(18)10-12/h3-8,10,15,19H,9H2,1-2H3. The number of likely N-dealkylation sites (N-methyl/N-ethyl adjacent to an activating group) is 1. The zero-order chi connectivity index (χ0) is 14.5. The van der Waals surface area contributed by atoms with Crippen LogP contribution in [0.2, 0.25) is 10.0 Å². The third-order valence-electron chi connectivity index (χ3n) is 3.26. The molecule has 0 aromatic heterocycles. The number of halogens is 2. The Bertz CT molecular complexity index is 586. The molecule has 2 aromatic carbocycles. The highest BCUT2D eigenvalue weighted by Gasteiger charge is 2.12. The molecule has 0 amide bonds. The molecule has 2 nitrogen and oxygen atoms in total. The van der Waals surface area contributed by atoms with Gasteiger partial charge < -0.3 is 10.1 Å². The monoisotopic (exact) mass is 309 g/mol. The molecule has 0 spiro atoms. The van der Waals surface area contributed by atoms with E-state index in [0.717, 1.165) is 17.0 Å². The molecule has 1 atom stereocenters. The molecule has 0 aliphatic rings. The molecule has 106 valence electrons. The van der Waals surface area contributed by atoms with Gasteiger partial charge in [0.1, 0.15) is 5.75 Å². The average molecular weight is 310 g/mol. The van der Waals surface area contributed by atoms with Crippen LogP contribution >= 0.6 is 23.2 Å². The second kappa shape index (κ2) is 6.98. The molecule has 2 rings (SSSR count). The Morgan fingerprint density at radius 3 is 2.55 bits per heavy atom. The molecule has 0 aliphatic heterocycles. The van der Waals surface area contributed by atoms with Crippen molar-refractivity contribution in [3.63, 3.8) is 0 Å². The zero-order valence-electron chi connectivity index (χ0n) is 11.5. The van der Waals surface area contributed by atoms with Gasteiger partial charge in [-0.1, -0.05) is 41.4 Å². The largest absolute Gasteiger partial charge is 0.495 e. The predicted octanol–water partition coefficient (Wildman–Crippen LogP) is 4.51. The van der Waals surface area contributed by atoms with E-state index in [2.05, 4.69) is 11.4 Å². The molecule has 2 aromatic rings. The van der Waals surface area contributed by atoms with Crippen LogP contribution in [0.3, 0.4) is 0 Å². The summed E-state index contributed by atoms with van der Waals surface area (Å²) < 4.78 is 5.18. The molecule has 0 saturated carbocycles. The number of rotatable bonds is 5. The number of benzene rings is 2. The van der Waals surface area contributed by atoms with Crippen LogP contribution in [0.4, 0.5) is 0 Å². The lowest BCUT2D eigenvalue weighted by Gasteiger charge is -2.18. The molecular formula is C16H17Cl2NO. The Morgan fingerprint density at radius 1 is 1.15 bits per heavy atom. The van der Waals surface area contributed by atoms with Gasteiger partial charge in [-0.15, -0.1) is 0 Å². The van der Waals surface area contributed by atoms with Gasteiger partial charge in [0.05, 0.1) is 12.1 Å². The van der Waals surface area contributed by atoms with E-state index in [1.54, 1.807) is 7.11 Å². The topological polar surface area (TPSA) is 21.3 Å². The lowest BCUT2D eigenvalue weighted by atomic mass is 9.99. The highest BCUT2D eigenvalue weighted by molar-refractivity contribution is 6.32. The summed E-state index contributed by atoms with van der Waals surface area (Å²) in [5, 5.41) is 4.68. The maximum absolute atomic E-state index is 6.18.